The van der Waals surface area contributed by atoms with Crippen LogP contribution in [0, 0.1) is 0 Å². The van der Waals surface area contributed by atoms with Crippen LogP contribution in [-0.2, 0) is 4.79 Å². The van der Waals surface area contributed by atoms with Gasteiger partial charge in [0.2, 0.25) is 7.28 Å². The highest BCUT2D eigenvalue weighted by atomic mass is 16.4. The van der Waals surface area contributed by atoms with Crippen LogP contribution in [0.2, 0.25) is 0 Å². The minimum Gasteiger partial charge on any atom is -0.478 e. The predicted molar refractivity (Wildman–Crippen MR) is 46.9 cm³/mol. The molecule has 1 rings (SSSR count). The van der Waals surface area contributed by atoms with Crippen LogP contribution in [0.4, 0.5) is 0 Å². The summed E-state index contributed by atoms with van der Waals surface area (Å²) in [6, 6.07) is 6.25. The molecule has 60 valence electrons. The summed E-state index contributed by atoms with van der Waals surface area (Å²) in [7, 11) is 0.333. The number of hydrogen-bond acceptors (Lipinski definition) is 2. The highest BCUT2D eigenvalue weighted by molar-refractivity contribution is 6.78. The fraction of sp³-hybridized carbons (Fsp3) is 0. The minimum absolute atomic E-state index is 0.240. The molecule has 4 heteroatoms. The third-order valence-corrected chi connectivity index (χ3v) is 1.52. The summed E-state index contributed by atoms with van der Waals surface area (Å²) in [5.74, 6) is -0.951. The molecule has 0 radical (unpaired) electrons. The van der Waals surface area contributed by atoms with Gasteiger partial charge in [0, 0.05) is 0 Å². The summed E-state index contributed by atoms with van der Waals surface area (Å²) in [6.07, 6.45) is 0.787. The fourth-order valence-electron chi connectivity index (χ4n) is 0.880. The smallest absolute Gasteiger partial charge is 0.335 e. The highest BCUT2D eigenvalue weighted by Crippen LogP contribution is 1.95. The maximum absolute atomic E-state index is 10.4. The van der Waals surface area contributed by atoms with Gasteiger partial charge in [0.1, 0.15) is 0 Å². The monoisotopic (exact) mass is 162 g/mol. The van der Waals surface area contributed by atoms with Crippen molar-refractivity contribution in [2.75, 3.05) is 0 Å². The van der Waals surface area contributed by atoms with Gasteiger partial charge < -0.3 is 9.90 Å². The maximum atomic E-state index is 10.4. The van der Waals surface area contributed by atoms with Crippen molar-refractivity contribution in [3.05, 3.63) is 29.8 Å². The average molecular weight is 162 g/mol. The van der Waals surface area contributed by atoms with Crippen molar-refractivity contribution in [2.45, 2.75) is 0 Å². The SMILES string of the molecule is O=CBc1ccc(C(=O)O)cc1. The third-order valence-electron chi connectivity index (χ3n) is 1.52. The molecule has 0 heterocycles. The topological polar surface area (TPSA) is 54.4 Å². The molecule has 1 aromatic rings. The van der Waals surface area contributed by atoms with Gasteiger partial charge >= 0.3 is 5.97 Å². The molecular weight excluding hydrogens is 155 g/mol. The van der Waals surface area contributed by atoms with E-state index in [1.54, 1.807) is 12.1 Å². The predicted octanol–water partition coefficient (Wildman–Crippen LogP) is -0.363. The zero-order chi connectivity index (χ0) is 8.97. The highest BCUT2D eigenvalue weighted by Gasteiger charge is 2.01. The van der Waals surface area contributed by atoms with E-state index in [9.17, 15) is 9.59 Å². The summed E-state index contributed by atoms with van der Waals surface area (Å²) in [5, 5.41) is 8.54. The number of carboxylic acids is 1. The standard InChI is InChI=1S/C8H7BO3/c10-5-9-7-3-1-6(2-4-7)8(11)12/h1-5,9H,(H,11,12). The van der Waals surface area contributed by atoms with Crippen LogP contribution >= 0.6 is 0 Å². The fourth-order valence-corrected chi connectivity index (χ4v) is 0.880. The molecule has 0 fully saturated rings. The lowest BCUT2D eigenvalue weighted by atomic mass is 9.72. The molecule has 12 heavy (non-hydrogen) atoms. The molecule has 0 amide bonds. The maximum Gasteiger partial charge on any atom is 0.335 e. The summed E-state index contributed by atoms with van der Waals surface area (Å²) < 4.78 is 0. The lowest BCUT2D eigenvalue weighted by Gasteiger charge is -1.95. The van der Waals surface area contributed by atoms with Crippen LogP contribution in [0.25, 0.3) is 0 Å². The van der Waals surface area contributed by atoms with Crippen molar-refractivity contribution in [3.63, 3.8) is 0 Å². The molecule has 0 spiro atoms. The quantitative estimate of drug-likeness (QED) is 0.487. The van der Waals surface area contributed by atoms with E-state index in [1.807, 2.05) is 0 Å². The zero-order valence-electron chi connectivity index (χ0n) is 6.36. The van der Waals surface area contributed by atoms with Crippen molar-refractivity contribution in [1.82, 2.24) is 0 Å². The van der Waals surface area contributed by atoms with Gasteiger partial charge in [0.05, 0.1) is 11.7 Å². The Morgan fingerprint density at radius 1 is 1.33 bits per heavy atom. The number of carboxylic acid groups (broad SMARTS) is 1. The Hall–Kier alpha value is -1.58. The summed E-state index contributed by atoms with van der Waals surface area (Å²) in [6.45, 7) is 0. The molecule has 0 aromatic heterocycles. The summed E-state index contributed by atoms with van der Waals surface area (Å²) in [4.78, 5) is 20.5. The van der Waals surface area contributed by atoms with Crippen LogP contribution in [0.1, 0.15) is 10.4 Å². The van der Waals surface area contributed by atoms with Gasteiger partial charge in [0.25, 0.3) is 0 Å². The Morgan fingerprint density at radius 2 is 1.92 bits per heavy atom. The molecule has 0 unspecified atom stereocenters. The molecule has 0 aliphatic rings. The first-order valence-corrected chi connectivity index (χ1v) is 3.50. The van der Waals surface area contributed by atoms with Crippen molar-refractivity contribution in [1.29, 1.82) is 0 Å². The Bertz CT molecular complexity index is 292. The van der Waals surface area contributed by atoms with Gasteiger partial charge in [-0.1, -0.05) is 17.6 Å². The van der Waals surface area contributed by atoms with Crippen LogP contribution < -0.4 is 5.46 Å². The molecule has 0 bridgehead atoms. The van der Waals surface area contributed by atoms with Gasteiger partial charge in [-0.2, -0.15) is 0 Å². The van der Waals surface area contributed by atoms with Gasteiger partial charge in [-0.05, 0) is 12.1 Å². The Labute approximate surface area is 70.3 Å². The van der Waals surface area contributed by atoms with Crippen molar-refractivity contribution < 1.29 is 14.7 Å². The first-order valence-electron chi connectivity index (χ1n) is 3.50. The van der Waals surface area contributed by atoms with E-state index in [1.165, 1.54) is 12.1 Å². The molecule has 3 nitrogen and oxygen atoms in total. The number of carbonyl (C=O) groups excluding carboxylic acids is 1. The van der Waals surface area contributed by atoms with Crippen molar-refractivity contribution >= 4 is 24.9 Å². The molecule has 1 N–H and O–H groups in total. The van der Waals surface area contributed by atoms with Gasteiger partial charge in [-0.25, -0.2) is 4.79 Å². The number of carbonyl (C=O) groups is 2. The molecule has 0 saturated carbocycles. The molecule has 0 aliphatic carbocycles. The molecule has 0 saturated heterocycles. The Kier molecular flexibility index (Phi) is 2.64. The van der Waals surface area contributed by atoms with E-state index in [-0.39, 0.29) is 5.56 Å². The molecule has 1 aromatic carbocycles. The van der Waals surface area contributed by atoms with Crippen molar-refractivity contribution in [3.8, 4) is 0 Å². The summed E-state index contributed by atoms with van der Waals surface area (Å²) in [5.41, 5.74) is 1.07. The van der Waals surface area contributed by atoms with E-state index >= 15 is 0 Å². The first kappa shape index (κ1) is 8.52. The second kappa shape index (κ2) is 3.71. The molecule has 0 atom stereocenters. The van der Waals surface area contributed by atoms with Gasteiger partial charge in [0.15, 0.2) is 0 Å². The second-order valence-electron chi connectivity index (χ2n) is 2.37. The lowest BCUT2D eigenvalue weighted by molar-refractivity contribution is 0.0697. The molecule has 0 aliphatic heterocycles. The normalized spacial score (nSPS) is 9.00. The Morgan fingerprint density at radius 3 is 2.33 bits per heavy atom. The third kappa shape index (κ3) is 1.95. The van der Waals surface area contributed by atoms with Crippen molar-refractivity contribution in [2.24, 2.45) is 0 Å². The van der Waals surface area contributed by atoms with E-state index in [4.69, 9.17) is 5.11 Å². The second-order valence-corrected chi connectivity index (χ2v) is 2.37. The van der Waals surface area contributed by atoms with Crippen LogP contribution in [-0.4, -0.2) is 24.5 Å². The lowest BCUT2D eigenvalue weighted by Crippen LogP contribution is -2.15. The number of rotatable bonds is 3. The van der Waals surface area contributed by atoms with Crippen LogP contribution in [0.5, 0.6) is 0 Å². The molecular formula is C8H7BO3. The van der Waals surface area contributed by atoms with Crippen LogP contribution in [0.3, 0.4) is 0 Å². The largest absolute Gasteiger partial charge is 0.478 e. The number of aromatic carboxylic acids is 1. The van der Waals surface area contributed by atoms with E-state index in [2.05, 4.69) is 0 Å². The Balaban J connectivity index is 2.85. The van der Waals surface area contributed by atoms with Gasteiger partial charge in [-0.3, -0.25) is 0 Å². The minimum atomic E-state index is -0.951. The summed E-state index contributed by atoms with van der Waals surface area (Å²) >= 11 is 0. The van der Waals surface area contributed by atoms with Gasteiger partial charge in [-0.15, -0.1) is 0 Å². The number of benzene rings is 1. The van der Waals surface area contributed by atoms with E-state index in [0.29, 0.717) is 7.28 Å². The average Bonchev–Trinajstić information content (AvgIpc) is 2.06. The van der Waals surface area contributed by atoms with E-state index < -0.39 is 5.97 Å². The van der Waals surface area contributed by atoms with E-state index in [0.717, 1.165) is 11.6 Å². The first-order chi connectivity index (χ1) is 5.74. The van der Waals surface area contributed by atoms with Crippen LogP contribution in [0.15, 0.2) is 24.3 Å². The zero-order valence-corrected chi connectivity index (χ0v) is 6.36. The number of hydrogen-bond donors (Lipinski definition) is 1.